The molecule has 3 aromatic rings. The zero-order valence-corrected chi connectivity index (χ0v) is 13.6. The van der Waals surface area contributed by atoms with E-state index in [9.17, 15) is 5.11 Å². The van der Waals surface area contributed by atoms with E-state index < -0.39 is 0 Å². The Labute approximate surface area is 138 Å². The van der Waals surface area contributed by atoms with Crippen molar-refractivity contribution < 1.29 is 14.3 Å². The van der Waals surface area contributed by atoms with E-state index in [1.165, 1.54) is 6.07 Å². The fourth-order valence-electron chi connectivity index (χ4n) is 2.48. The van der Waals surface area contributed by atoms with Gasteiger partial charge in [0.2, 0.25) is 0 Å². The normalized spacial score (nSPS) is 11.1. The molecule has 2 aromatic carbocycles. The maximum absolute atomic E-state index is 10.1. The molecule has 22 heavy (non-hydrogen) atoms. The van der Waals surface area contributed by atoms with Crippen LogP contribution in [0.1, 0.15) is 16.9 Å². The van der Waals surface area contributed by atoms with Crippen LogP contribution in [0.15, 0.2) is 34.7 Å². The number of phenolic OH excluding ortho intramolecular Hbond substituents is 1. The van der Waals surface area contributed by atoms with E-state index >= 15 is 0 Å². The highest BCUT2D eigenvalue weighted by atomic mass is 35.5. The van der Waals surface area contributed by atoms with E-state index in [-0.39, 0.29) is 10.8 Å². The van der Waals surface area contributed by atoms with E-state index in [4.69, 9.17) is 32.4 Å². The summed E-state index contributed by atoms with van der Waals surface area (Å²) in [7, 11) is 1.63. The number of benzene rings is 2. The van der Waals surface area contributed by atoms with Crippen molar-refractivity contribution in [2.45, 2.75) is 13.3 Å². The average Bonchev–Trinajstić information content (AvgIpc) is 2.83. The van der Waals surface area contributed by atoms with Crippen molar-refractivity contribution in [1.82, 2.24) is 0 Å². The summed E-state index contributed by atoms with van der Waals surface area (Å²) in [6.07, 6.45) is 0.595. The number of furan rings is 1. The molecule has 0 spiro atoms. The minimum absolute atomic E-state index is 0.00305. The highest BCUT2D eigenvalue weighted by Gasteiger charge is 2.19. The molecule has 0 aliphatic rings. The topological polar surface area (TPSA) is 42.6 Å². The average molecular weight is 337 g/mol. The van der Waals surface area contributed by atoms with E-state index in [2.05, 4.69) is 0 Å². The van der Waals surface area contributed by atoms with Gasteiger partial charge in [0.1, 0.15) is 17.3 Å². The zero-order valence-electron chi connectivity index (χ0n) is 12.1. The molecule has 1 heterocycles. The second-order valence-electron chi connectivity index (χ2n) is 5.07. The van der Waals surface area contributed by atoms with Crippen molar-refractivity contribution >= 4 is 34.2 Å². The summed E-state index contributed by atoms with van der Waals surface area (Å²) in [5, 5.41) is 11.3. The molecular formula is C17H14Cl2O3. The van der Waals surface area contributed by atoms with Gasteiger partial charge >= 0.3 is 0 Å². The third kappa shape index (κ3) is 2.51. The van der Waals surface area contributed by atoms with Crippen molar-refractivity contribution in [3.05, 3.63) is 57.3 Å². The lowest BCUT2D eigenvalue weighted by molar-refractivity contribution is 0.414. The third-order valence-corrected chi connectivity index (χ3v) is 4.27. The molecule has 0 amide bonds. The predicted octanol–water partition coefficient (Wildman–Crippen LogP) is 5.35. The van der Waals surface area contributed by atoms with Crippen LogP contribution in [0.3, 0.4) is 0 Å². The van der Waals surface area contributed by atoms with Gasteiger partial charge in [-0.15, -0.1) is 0 Å². The molecular weight excluding hydrogens is 323 g/mol. The molecule has 0 saturated heterocycles. The van der Waals surface area contributed by atoms with Crippen molar-refractivity contribution in [2.75, 3.05) is 7.11 Å². The Bertz CT molecular complexity index is 835. The molecule has 3 nitrogen and oxygen atoms in total. The van der Waals surface area contributed by atoms with Crippen LogP contribution in [-0.2, 0) is 6.42 Å². The molecule has 0 aliphatic carbocycles. The minimum atomic E-state index is 0.00305. The van der Waals surface area contributed by atoms with Crippen molar-refractivity contribution in [3.8, 4) is 11.5 Å². The molecule has 0 unspecified atom stereocenters. The van der Waals surface area contributed by atoms with Crippen LogP contribution >= 0.6 is 23.2 Å². The lowest BCUT2D eigenvalue weighted by atomic mass is 10.1. The van der Waals surface area contributed by atoms with E-state index in [0.717, 1.165) is 22.6 Å². The van der Waals surface area contributed by atoms with E-state index in [1.807, 2.05) is 31.2 Å². The van der Waals surface area contributed by atoms with Gasteiger partial charge in [-0.1, -0.05) is 35.3 Å². The van der Waals surface area contributed by atoms with Crippen LogP contribution < -0.4 is 4.74 Å². The zero-order chi connectivity index (χ0) is 15.9. The molecule has 0 fully saturated rings. The molecule has 0 aliphatic heterocycles. The maximum Gasteiger partial charge on any atom is 0.156 e. The summed E-state index contributed by atoms with van der Waals surface area (Å²) in [4.78, 5) is 0. The van der Waals surface area contributed by atoms with Crippen LogP contribution in [0.5, 0.6) is 11.5 Å². The van der Waals surface area contributed by atoms with Crippen LogP contribution in [0.4, 0.5) is 0 Å². The molecule has 1 aromatic heterocycles. The SMILES string of the molecule is COc1ccc(Cc2oc3c(Cl)cc(Cl)c(O)c3c2C)cc1. The first-order valence-corrected chi connectivity index (χ1v) is 7.48. The van der Waals surface area contributed by atoms with Gasteiger partial charge in [-0.25, -0.2) is 0 Å². The number of hydrogen-bond acceptors (Lipinski definition) is 3. The molecule has 3 rings (SSSR count). The number of aromatic hydroxyl groups is 1. The van der Waals surface area contributed by atoms with Gasteiger partial charge < -0.3 is 14.3 Å². The first-order valence-electron chi connectivity index (χ1n) is 6.73. The van der Waals surface area contributed by atoms with Gasteiger partial charge in [-0.2, -0.15) is 0 Å². The molecule has 0 radical (unpaired) electrons. The molecule has 5 heteroatoms. The molecule has 0 atom stereocenters. The van der Waals surface area contributed by atoms with Crippen LogP contribution in [0.25, 0.3) is 11.0 Å². The number of hydrogen-bond donors (Lipinski definition) is 1. The predicted molar refractivity (Wildman–Crippen MR) is 88.4 cm³/mol. The number of phenols is 1. The Kier molecular flexibility index (Phi) is 3.94. The summed E-state index contributed by atoms with van der Waals surface area (Å²) in [5.74, 6) is 1.56. The summed E-state index contributed by atoms with van der Waals surface area (Å²) in [5.41, 5.74) is 2.38. The fraction of sp³-hybridized carbons (Fsp3) is 0.176. The minimum Gasteiger partial charge on any atom is -0.506 e. The fourth-order valence-corrected chi connectivity index (χ4v) is 2.98. The van der Waals surface area contributed by atoms with Crippen LogP contribution in [0.2, 0.25) is 10.0 Å². The first-order chi connectivity index (χ1) is 10.5. The highest BCUT2D eigenvalue weighted by molar-refractivity contribution is 6.39. The lowest BCUT2D eigenvalue weighted by Gasteiger charge is -2.02. The molecule has 114 valence electrons. The van der Waals surface area contributed by atoms with Crippen LogP contribution in [-0.4, -0.2) is 12.2 Å². The Morgan fingerprint density at radius 2 is 1.82 bits per heavy atom. The lowest BCUT2D eigenvalue weighted by Crippen LogP contribution is -1.89. The summed E-state index contributed by atoms with van der Waals surface area (Å²) in [6.45, 7) is 1.89. The second kappa shape index (κ2) is 5.75. The van der Waals surface area contributed by atoms with E-state index in [1.54, 1.807) is 7.11 Å². The highest BCUT2D eigenvalue weighted by Crippen LogP contribution is 2.42. The second-order valence-corrected chi connectivity index (χ2v) is 5.88. The largest absolute Gasteiger partial charge is 0.506 e. The van der Waals surface area contributed by atoms with E-state index in [0.29, 0.717) is 22.4 Å². The van der Waals surface area contributed by atoms with Crippen molar-refractivity contribution in [2.24, 2.45) is 0 Å². The number of rotatable bonds is 3. The molecule has 1 N–H and O–H groups in total. The quantitative estimate of drug-likeness (QED) is 0.700. The van der Waals surface area contributed by atoms with Gasteiger partial charge in [-0.05, 0) is 30.7 Å². The Balaban J connectivity index is 2.06. The number of aryl methyl sites for hydroxylation is 1. The molecule has 0 bridgehead atoms. The van der Waals surface area contributed by atoms with Gasteiger partial charge in [0.25, 0.3) is 0 Å². The van der Waals surface area contributed by atoms with Crippen molar-refractivity contribution in [1.29, 1.82) is 0 Å². The number of methoxy groups -OCH3 is 1. The Hall–Kier alpha value is -1.84. The summed E-state index contributed by atoms with van der Waals surface area (Å²) in [6, 6.07) is 9.23. The van der Waals surface area contributed by atoms with Crippen LogP contribution in [0, 0.1) is 6.92 Å². The first kappa shape index (κ1) is 15.1. The molecule has 0 saturated carbocycles. The third-order valence-electron chi connectivity index (χ3n) is 3.70. The number of fused-ring (bicyclic) bond motifs is 1. The Morgan fingerprint density at radius 1 is 1.14 bits per heavy atom. The van der Waals surface area contributed by atoms with Gasteiger partial charge in [-0.3, -0.25) is 0 Å². The number of ether oxygens (including phenoxy) is 1. The monoisotopic (exact) mass is 336 g/mol. The summed E-state index contributed by atoms with van der Waals surface area (Å²) < 4.78 is 11.0. The maximum atomic E-state index is 10.1. The Morgan fingerprint density at radius 3 is 2.45 bits per heavy atom. The standard InChI is InChI=1S/C17H14Cl2O3/c1-9-14(7-10-3-5-11(21-2)6-4-10)22-17-13(19)8-12(18)16(20)15(9)17/h3-6,8,20H,7H2,1-2H3. The van der Waals surface area contributed by atoms with Crippen molar-refractivity contribution in [3.63, 3.8) is 0 Å². The van der Waals surface area contributed by atoms with Gasteiger partial charge in [0.05, 0.1) is 22.5 Å². The summed E-state index contributed by atoms with van der Waals surface area (Å²) >= 11 is 12.1. The number of halogens is 2. The smallest absolute Gasteiger partial charge is 0.156 e. The van der Waals surface area contributed by atoms with Gasteiger partial charge in [0, 0.05) is 12.0 Å². The van der Waals surface area contributed by atoms with Gasteiger partial charge in [0.15, 0.2) is 5.58 Å².